The second-order valence-electron chi connectivity index (χ2n) is 21.3. The van der Waals surface area contributed by atoms with Crippen LogP contribution < -0.4 is 5.73 Å². The lowest BCUT2D eigenvalue weighted by molar-refractivity contribution is -0.161. The number of unbranched alkanes of at least 4 members (excludes halogenated alkanes) is 41. The Kier molecular flexibility index (Phi) is 58.0. The van der Waals surface area contributed by atoms with E-state index in [1.165, 1.54) is 231 Å². The van der Waals surface area contributed by atoms with E-state index >= 15 is 0 Å². The zero-order chi connectivity index (χ0) is 53.1. The van der Waals surface area contributed by atoms with Gasteiger partial charge < -0.3 is 20.1 Å². The number of carbonyl (C=O) groups is 2. The van der Waals surface area contributed by atoms with E-state index in [0.717, 1.165) is 57.8 Å². The largest absolute Gasteiger partial charge is 0.472 e. The lowest BCUT2D eigenvalue weighted by atomic mass is 10.0. The molecule has 0 aliphatic heterocycles. The van der Waals surface area contributed by atoms with Crippen LogP contribution in [0.2, 0.25) is 0 Å². The van der Waals surface area contributed by atoms with E-state index in [-0.39, 0.29) is 38.6 Å². The van der Waals surface area contributed by atoms with Crippen molar-refractivity contribution in [2.45, 2.75) is 328 Å². The molecule has 430 valence electrons. The van der Waals surface area contributed by atoms with Gasteiger partial charge in [-0.15, -0.1) is 0 Å². The van der Waals surface area contributed by atoms with Gasteiger partial charge in [-0.25, -0.2) is 4.57 Å². The standard InChI is InChI=1S/C63H120NO8P/c1-3-5-7-9-11-13-15-17-19-20-21-22-23-24-25-26-27-28-29-30-31-32-33-34-35-36-37-38-39-40-42-43-45-47-49-51-53-55-62(65)69-59-61(60-71-73(67,68)70-58-57-64)72-63(66)56-54-52-50-48-46-44-41-18-16-14-12-10-8-6-4-2/h12,14,18,20-21,41,61H,3-11,13,15-17,19,22-40,42-60,64H2,1-2H3,(H,67,68)/b14-12-,21-20-,41-18-. The van der Waals surface area contributed by atoms with Crippen molar-refractivity contribution in [2.24, 2.45) is 5.73 Å². The molecule has 2 unspecified atom stereocenters. The third-order valence-corrected chi connectivity index (χ3v) is 15.0. The topological polar surface area (TPSA) is 134 Å². The second-order valence-corrected chi connectivity index (χ2v) is 22.7. The highest BCUT2D eigenvalue weighted by Gasteiger charge is 2.26. The van der Waals surface area contributed by atoms with Gasteiger partial charge in [0.2, 0.25) is 0 Å². The highest BCUT2D eigenvalue weighted by molar-refractivity contribution is 7.47. The van der Waals surface area contributed by atoms with E-state index in [0.29, 0.717) is 6.42 Å². The third kappa shape index (κ3) is 59.3. The van der Waals surface area contributed by atoms with Crippen molar-refractivity contribution in [2.75, 3.05) is 26.4 Å². The first-order valence-electron chi connectivity index (χ1n) is 31.5. The average Bonchev–Trinajstić information content (AvgIpc) is 3.38. The number of esters is 2. The summed E-state index contributed by atoms with van der Waals surface area (Å²) in [4.78, 5) is 35.1. The van der Waals surface area contributed by atoms with Gasteiger partial charge in [0.05, 0.1) is 13.2 Å². The van der Waals surface area contributed by atoms with Crippen LogP contribution in [0.4, 0.5) is 0 Å². The Morgan fingerprint density at radius 2 is 0.712 bits per heavy atom. The quantitative estimate of drug-likeness (QED) is 0.0264. The van der Waals surface area contributed by atoms with E-state index < -0.39 is 26.5 Å². The third-order valence-electron chi connectivity index (χ3n) is 14.0. The fraction of sp³-hybridized carbons (Fsp3) is 0.873. The Hall–Kier alpha value is -1.77. The van der Waals surface area contributed by atoms with E-state index in [1.54, 1.807) is 0 Å². The van der Waals surface area contributed by atoms with Crippen molar-refractivity contribution >= 4 is 19.8 Å². The number of rotatable bonds is 60. The van der Waals surface area contributed by atoms with E-state index in [9.17, 15) is 19.0 Å². The number of ether oxygens (including phenoxy) is 2. The van der Waals surface area contributed by atoms with Crippen molar-refractivity contribution in [3.8, 4) is 0 Å². The molecule has 3 N–H and O–H groups in total. The van der Waals surface area contributed by atoms with Gasteiger partial charge in [0, 0.05) is 19.4 Å². The lowest BCUT2D eigenvalue weighted by Gasteiger charge is -2.19. The number of hydrogen-bond donors (Lipinski definition) is 2. The maximum Gasteiger partial charge on any atom is 0.472 e. The van der Waals surface area contributed by atoms with E-state index in [4.69, 9.17) is 24.3 Å². The summed E-state index contributed by atoms with van der Waals surface area (Å²) >= 11 is 0. The predicted molar refractivity (Wildman–Crippen MR) is 312 cm³/mol. The van der Waals surface area contributed by atoms with Crippen LogP contribution in [0.3, 0.4) is 0 Å². The van der Waals surface area contributed by atoms with Gasteiger partial charge >= 0.3 is 19.8 Å². The summed E-state index contributed by atoms with van der Waals surface area (Å²) in [5, 5.41) is 0. The fourth-order valence-corrected chi connectivity index (χ4v) is 10.1. The molecule has 0 saturated heterocycles. The van der Waals surface area contributed by atoms with Crippen LogP contribution in [0.25, 0.3) is 0 Å². The van der Waals surface area contributed by atoms with Crippen molar-refractivity contribution in [3.63, 3.8) is 0 Å². The number of allylic oxidation sites excluding steroid dienone is 6. The molecule has 0 aromatic heterocycles. The molecule has 0 aromatic rings. The molecule has 0 aliphatic carbocycles. The van der Waals surface area contributed by atoms with Crippen molar-refractivity contribution in [3.05, 3.63) is 36.5 Å². The minimum atomic E-state index is -4.39. The Morgan fingerprint density at radius 1 is 0.411 bits per heavy atom. The SMILES string of the molecule is CCCCC/C=C\C/C=C\CCCCCCCC(=O)OC(COC(=O)CCCCCCCCCCCCCCCCCCCCCCCCCCC/C=C\CCCCCCCCCC)COP(=O)(O)OCCN. The molecule has 73 heavy (non-hydrogen) atoms. The molecular weight excluding hydrogens is 930 g/mol. The highest BCUT2D eigenvalue weighted by Crippen LogP contribution is 2.43. The van der Waals surface area contributed by atoms with Gasteiger partial charge in [-0.3, -0.25) is 18.6 Å². The zero-order valence-corrected chi connectivity index (χ0v) is 49.0. The summed E-state index contributed by atoms with van der Waals surface area (Å²) < 4.78 is 33.0. The molecule has 0 amide bonds. The molecule has 0 spiro atoms. The normalized spacial score (nSPS) is 13.2. The van der Waals surface area contributed by atoms with Crippen LogP contribution in [0.1, 0.15) is 322 Å². The molecular formula is C63H120NO8P. The maximum absolute atomic E-state index is 12.7. The van der Waals surface area contributed by atoms with Gasteiger partial charge in [-0.2, -0.15) is 0 Å². The Bertz CT molecular complexity index is 1290. The van der Waals surface area contributed by atoms with Crippen LogP contribution in [0, 0.1) is 0 Å². The molecule has 0 aliphatic rings. The molecule has 0 aromatic carbocycles. The molecule has 0 fully saturated rings. The minimum Gasteiger partial charge on any atom is -0.462 e. The van der Waals surface area contributed by atoms with Crippen LogP contribution in [-0.4, -0.2) is 49.3 Å². The van der Waals surface area contributed by atoms with Gasteiger partial charge in [0.25, 0.3) is 0 Å². The van der Waals surface area contributed by atoms with E-state index in [2.05, 4.69) is 50.3 Å². The number of phosphoric ester groups is 1. The molecule has 2 atom stereocenters. The predicted octanol–water partition coefficient (Wildman–Crippen LogP) is 20.0. The number of nitrogens with two attached hydrogens (primary N) is 1. The molecule has 0 radical (unpaired) electrons. The van der Waals surface area contributed by atoms with Crippen molar-refractivity contribution in [1.29, 1.82) is 0 Å². The van der Waals surface area contributed by atoms with Gasteiger partial charge in [-0.05, 0) is 70.6 Å². The monoisotopic (exact) mass is 1050 g/mol. The summed E-state index contributed by atoms with van der Waals surface area (Å²) in [6.07, 6.45) is 72.5. The summed E-state index contributed by atoms with van der Waals surface area (Å²) in [5.41, 5.74) is 5.38. The van der Waals surface area contributed by atoms with Crippen LogP contribution in [0.15, 0.2) is 36.5 Å². The molecule has 0 heterocycles. The summed E-state index contributed by atoms with van der Waals surface area (Å²) in [7, 11) is -4.39. The Labute approximate surface area is 452 Å². The Morgan fingerprint density at radius 3 is 1.08 bits per heavy atom. The highest BCUT2D eigenvalue weighted by atomic mass is 31.2. The molecule has 0 saturated carbocycles. The van der Waals surface area contributed by atoms with Gasteiger partial charge in [-0.1, -0.05) is 275 Å². The minimum absolute atomic E-state index is 0.0522. The summed E-state index contributed by atoms with van der Waals surface area (Å²) in [6.45, 7) is 3.74. The Balaban J connectivity index is 3.75. The van der Waals surface area contributed by atoms with Crippen LogP contribution in [0.5, 0.6) is 0 Å². The van der Waals surface area contributed by atoms with Crippen molar-refractivity contribution in [1.82, 2.24) is 0 Å². The summed E-state index contributed by atoms with van der Waals surface area (Å²) in [5.74, 6) is -0.830. The number of phosphoric acid groups is 1. The maximum atomic E-state index is 12.7. The smallest absolute Gasteiger partial charge is 0.462 e. The summed E-state index contributed by atoms with van der Waals surface area (Å²) in [6, 6.07) is 0. The zero-order valence-electron chi connectivity index (χ0n) is 48.1. The first-order valence-corrected chi connectivity index (χ1v) is 33.0. The van der Waals surface area contributed by atoms with Gasteiger partial charge in [0.1, 0.15) is 6.61 Å². The molecule has 10 heteroatoms. The van der Waals surface area contributed by atoms with Crippen molar-refractivity contribution < 1.29 is 37.6 Å². The first kappa shape index (κ1) is 71.2. The number of carbonyl (C=O) groups excluding carboxylic acids is 2. The fourth-order valence-electron chi connectivity index (χ4n) is 9.31. The van der Waals surface area contributed by atoms with Crippen LogP contribution in [-0.2, 0) is 32.7 Å². The molecule has 0 rings (SSSR count). The molecule has 9 nitrogen and oxygen atoms in total. The molecule has 0 bridgehead atoms. The lowest BCUT2D eigenvalue weighted by Crippen LogP contribution is -2.29. The average molecular weight is 1050 g/mol. The van der Waals surface area contributed by atoms with Crippen LogP contribution >= 0.6 is 7.82 Å². The first-order chi connectivity index (χ1) is 35.8. The van der Waals surface area contributed by atoms with E-state index in [1.807, 2.05) is 0 Å². The number of hydrogen-bond acceptors (Lipinski definition) is 8. The van der Waals surface area contributed by atoms with Gasteiger partial charge in [0.15, 0.2) is 6.10 Å². The second kappa shape index (κ2) is 59.5.